The first kappa shape index (κ1) is 8.26. The van der Waals surface area contributed by atoms with Gasteiger partial charge in [-0.1, -0.05) is 31.8 Å². The fourth-order valence-corrected chi connectivity index (χ4v) is 5.44. The smallest absolute Gasteiger partial charge is 0.0576 e. The zero-order valence-electron chi connectivity index (χ0n) is 7.79. The van der Waals surface area contributed by atoms with Crippen LogP contribution in [0.5, 0.6) is 0 Å². The lowest BCUT2D eigenvalue weighted by atomic mass is 10.3. The van der Waals surface area contributed by atoms with Gasteiger partial charge in [-0.2, -0.15) is 0 Å². The fourth-order valence-electron chi connectivity index (χ4n) is 1.69. The first-order valence-electron chi connectivity index (χ1n) is 4.34. The van der Waals surface area contributed by atoms with Crippen LogP contribution in [0, 0.1) is 0 Å². The quantitative estimate of drug-likeness (QED) is 0.598. The van der Waals surface area contributed by atoms with Gasteiger partial charge in [0, 0.05) is 10.4 Å². The molecule has 0 saturated carbocycles. The van der Waals surface area contributed by atoms with E-state index < -0.39 is 8.07 Å². The molecule has 0 bridgehead atoms. The molecular formula is C10H14SSi. The molecule has 64 valence electrons. The van der Waals surface area contributed by atoms with Crippen molar-refractivity contribution in [1.82, 2.24) is 0 Å². The predicted molar refractivity (Wildman–Crippen MR) is 59.4 cm³/mol. The summed E-state index contributed by atoms with van der Waals surface area (Å²) >= 11 is 1.92. The van der Waals surface area contributed by atoms with Gasteiger partial charge in [0.1, 0.15) is 0 Å². The van der Waals surface area contributed by atoms with E-state index in [9.17, 15) is 0 Å². The summed E-state index contributed by atoms with van der Waals surface area (Å²) in [7, 11) is -1.02. The highest BCUT2D eigenvalue weighted by Crippen LogP contribution is 2.39. The molecule has 0 fully saturated rings. The summed E-state index contributed by atoms with van der Waals surface area (Å²) in [6.07, 6.45) is 4.68. The zero-order chi connectivity index (χ0) is 8.77. The molecule has 1 aromatic rings. The molecule has 0 saturated heterocycles. The Kier molecular flexibility index (Phi) is 1.77. The Labute approximate surface area is 78.9 Å². The van der Waals surface area contributed by atoms with E-state index in [1.807, 2.05) is 11.3 Å². The second kappa shape index (κ2) is 2.57. The van der Waals surface area contributed by atoms with Gasteiger partial charge in [0.2, 0.25) is 0 Å². The van der Waals surface area contributed by atoms with Crippen LogP contribution in [0.25, 0.3) is 6.08 Å². The summed E-state index contributed by atoms with van der Waals surface area (Å²) in [6.45, 7) is 7.32. The van der Waals surface area contributed by atoms with Crippen LogP contribution in [0.1, 0.15) is 16.0 Å². The molecule has 0 aromatic carbocycles. The van der Waals surface area contributed by atoms with Crippen molar-refractivity contribution in [3.05, 3.63) is 28.0 Å². The van der Waals surface area contributed by atoms with Crippen molar-refractivity contribution >= 4 is 25.5 Å². The van der Waals surface area contributed by atoms with Gasteiger partial charge >= 0.3 is 0 Å². The molecule has 2 heteroatoms. The van der Waals surface area contributed by atoms with Crippen molar-refractivity contribution in [2.75, 3.05) is 0 Å². The predicted octanol–water partition coefficient (Wildman–Crippen LogP) is 3.74. The van der Waals surface area contributed by atoms with E-state index in [4.69, 9.17) is 0 Å². The first-order valence-corrected chi connectivity index (χ1v) is 8.80. The molecule has 0 radical (unpaired) electrons. The lowest BCUT2D eigenvalue weighted by Crippen LogP contribution is -2.28. The van der Waals surface area contributed by atoms with Crippen LogP contribution in [0.15, 0.2) is 17.5 Å². The van der Waals surface area contributed by atoms with Crippen LogP contribution in [0.2, 0.25) is 19.6 Å². The lowest BCUT2D eigenvalue weighted by Gasteiger charge is -2.23. The topological polar surface area (TPSA) is 0 Å². The summed E-state index contributed by atoms with van der Waals surface area (Å²) in [5, 5.41) is 2.21. The molecule has 0 N–H and O–H groups in total. The van der Waals surface area contributed by atoms with Crippen LogP contribution in [0.4, 0.5) is 0 Å². The van der Waals surface area contributed by atoms with Gasteiger partial charge < -0.3 is 0 Å². The summed E-state index contributed by atoms with van der Waals surface area (Å²) < 4.78 is 0. The minimum absolute atomic E-state index is 0.771. The first-order chi connectivity index (χ1) is 5.59. The van der Waals surface area contributed by atoms with Gasteiger partial charge in [0.25, 0.3) is 0 Å². The van der Waals surface area contributed by atoms with Gasteiger partial charge in [-0.25, -0.2) is 0 Å². The lowest BCUT2D eigenvalue weighted by molar-refractivity contribution is 1.21. The zero-order valence-corrected chi connectivity index (χ0v) is 9.61. The summed E-state index contributed by atoms with van der Waals surface area (Å²) in [5.41, 5.74) is 2.24. The maximum Gasteiger partial charge on any atom is 0.0576 e. The average molecular weight is 194 g/mol. The van der Waals surface area contributed by atoms with E-state index in [0.29, 0.717) is 0 Å². The van der Waals surface area contributed by atoms with Crippen molar-refractivity contribution < 1.29 is 0 Å². The van der Waals surface area contributed by atoms with Crippen molar-refractivity contribution in [1.29, 1.82) is 0 Å². The Bertz CT molecular complexity index is 317. The average Bonchev–Trinajstić information content (AvgIpc) is 2.37. The van der Waals surface area contributed by atoms with E-state index in [-0.39, 0.29) is 0 Å². The van der Waals surface area contributed by atoms with Crippen LogP contribution in [-0.2, 0) is 0 Å². The molecule has 1 aliphatic carbocycles. The summed E-state index contributed by atoms with van der Waals surface area (Å²) in [6, 6.07) is 2.23. The van der Waals surface area contributed by atoms with Gasteiger partial charge in [-0.05, 0) is 17.0 Å². The number of fused-ring (bicyclic) bond motifs is 1. The summed E-state index contributed by atoms with van der Waals surface area (Å²) in [5.74, 6) is 0. The highest BCUT2D eigenvalue weighted by atomic mass is 32.1. The minimum atomic E-state index is -1.02. The SMILES string of the molecule is C[Si](C)(C)C1C=Cc2ccsc21. The Morgan fingerprint density at radius 3 is 2.75 bits per heavy atom. The number of rotatable bonds is 1. The molecule has 0 aliphatic heterocycles. The maximum absolute atomic E-state index is 2.44. The highest BCUT2D eigenvalue weighted by molar-refractivity contribution is 7.11. The Balaban J connectivity index is 2.41. The molecule has 1 aliphatic rings. The third kappa shape index (κ3) is 1.19. The molecule has 1 aromatic heterocycles. The molecule has 1 unspecified atom stereocenters. The van der Waals surface area contributed by atoms with Crippen molar-refractivity contribution in [3.63, 3.8) is 0 Å². The van der Waals surface area contributed by atoms with E-state index in [0.717, 1.165) is 5.54 Å². The largest absolute Gasteiger partial charge is 0.148 e. The molecule has 12 heavy (non-hydrogen) atoms. The molecule has 1 atom stereocenters. The van der Waals surface area contributed by atoms with Crippen LogP contribution in [0.3, 0.4) is 0 Å². The number of thiophene rings is 1. The molecule has 2 rings (SSSR count). The Morgan fingerprint density at radius 2 is 2.08 bits per heavy atom. The van der Waals surface area contributed by atoms with Crippen LogP contribution >= 0.6 is 11.3 Å². The van der Waals surface area contributed by atoms with E-state index in [2.05, 4.69) is 43.2 Å². The van der Waals surface area contributed by atoms with Gasteiger partial charge in [0.15, 0.2) is 0 Å². The van der Waals surface area contributed by atoms with Gasteiger partial charge in [-0.15, -0.1) is 11.3 Å². The van der Waals surface area contributed by atoms with E-state index in [1.165, 1.54) is 5.56 Å². The van der Waals surface area contributed by atoms with Crippen molar-refractivity contribution in [2.24, 2.45) is 0 Å². The Hall–Kier alpha value is -0.343. The maximum atomic E-state index is 2.44. The van der Waals surface area contributed by atoms with Crippen molar-refractivity contribution in [2.45, 2.75) is 25.2 Å². The second-order valence-electron chi connectivity index (χ2n) is 4.44. The Morgan fingerprint density at radius 1 is 1.33 bits per heavy atom. The third-order valence-corrected chi connectivity index (χ3v) is 5.98. The summed E-state index contributed by atoms with van der Waals surface area (Å²) in [4.78, 5) is 1.61. The monoisotopic (exact) mass is 194 g/mol. The van der Waals surface area contributed by atoms with Crippen molar-refractivity contribution in [3.8, 4) is 0 Å². The fraction of sp³-hybridized carbons (Fsp3) is 0.400. The van der Waals surface area contributed by atoms with E-state index >= 15 is 0 Å². The van der Waals surface area contributed by atoms with E-state index in [1.54, 1.807) is 4.88 Å². The minimum Gasteiger partial charge on any atom is -0.148 e. The standard InChI is InChI=1S/C10H14SSi/c1-12(2,3)9-5-4-8-6-7-11-10(8)9/h4-7,9H,1-3H3. The second-order valence-corrected chi connectivity index (χ2v) is 10.7. The number of allylic oxidation sites excluding steroid dienone is 1. The molecule has 0 spiro atoms. The molecular weight excluding hydrogens is 180 g/mol. The number of hydrogen-bond acceptors (Lipinski definition) is 1. The third-order valence-electron chi connectivity index (χ3n) is 2.41. The normalized spacial score (nSPS) is 21.4. The van der Waals surface area contributed by atoms with Crippen LogP contribution in [-0.4, -0.2) is 8.07 Å². The molecule has 0 nitrogen and oxygen atoms in total. The highest BCUT2D eigenvalue weighted by Gasteiger charge is 2.30. The molecule has 1 heterocycles. The van der Waals surface area contributed by atoms with Gasteiger partial charge in [-0.3, -0.25) is 0 Å². The number of hydrogen-bond donors (Lipinski definition) is 0. The van der Waals surface area contributed by atoms with Gasteiger partial charge in [0.05, 0.1) is 8.07 Å². The molecule has 0 amide bonds. The van der Waals surface area contributed by atoms with Crippen LogP contribution < -0.4 is 0 Å².